The number of hydrogen-bond donors (Lipinski definition) is 2. The SMILES string of the molecule is CNCc1ccc2c(c1)N(CNC)C(=O)C(C)S2. The van der Waals surface area contributed by atoms with E-state index in [1.165, 1.54) is 10.5 Å². The minimum Gasteiger partial charge on any atom is -0.316 e. The molecule has 0 fully saturated rings. The largest absolute Gasteiger partial charge is 0.316 e. The number of rotatable bonds is 4. The highest BCUT2D eigenvalue weighted by Gasteiger charge is 2.30. The quantitative estimate of drug-likeness (QED) is 0.864. The van der Waals surface area contributed by atoms with Crippen LogP contribution in [-0.4, -0.2) is 31.9 Å². The van der Waals surface area contributed by atoms with Crippen LogP contribution >= 0.6 is 11.8 Å². The molecule has 1 heterocycles. The molecule has 0 bridgehead atoms. The van der Waals surface area contributed by atoms with Crippen LogP contribution in [0.15, 0.2) is 23.1 Å². The zero-order chi connectivity index (χ0) is 13.1. The van der Waals surface area contributed by atoms with Gasteiger partial charge >= 0.3 is 0 Å². The van der Waals surface area contributed by atoms with Gasteiger partial charge in [-0.2, -0.15) is 0 Å². The number of benzene rings is 1. The van der Waals surface area contributed by atoms with Crippen molar-refractivity contribution in [2.75, 3.05) is 25.7 Å². The van der Waals surface area contributed by atoms with Crippen molar-refractivity contribution < 1.29 is 4.79 Å². The van der Waals surface area contributed by atoms with Crippen LogP contribution in [0.25, 0.3) is 0 Å². The van der Waals surface area contributed by atoms with E-state index in [1.54, 1.807) is 11.8 Å². The lowest BCUT2D eigenvalue weighted by molar-refractivity contribution is -0.118. The highest BCUT2D eigenvalue weighted by Crippen LogP contribution is 2.39. The standard InChI is InChI=1S/C13H19N3OS/c1-9-13(17)16(8-15-3)11-6-10(7-14-2)4-5-12(11)18-9/h4-6,9,14-15H,7-8H2,1-3H3. The van der Waals surface area contributed by atoms with Gasteiger partial charge in [0.15, 0.2) is 0 Å². The van der Waals surface area contributed by atoms with Crippen molar-refractivity contribution in [3.8, 4) is 0 Å². The molecule has 1 aromatic carbocycles. The summed E-state index contributed by atoms with van der Waals surface area (Å²) in [6, 6.07) is 6.32. The first-order valence-corrected chi connectivity index (χ1v) is 6.95. The van der Waals surface area contributed by atoms with Gasteiger partial charge in [0, 0.05) is 11.4 Å². The van der Waals surface area contributed by atoms with E-state index in [0.29, 0.717) is 6.67 Å². The molecule has 1 aromatic rings. The molecule has 5 heteroatoms. The van der Waals surface area contributed by atoms with Crippen molar-refractivity contribution in [2.45, 2.75) is 23.6 Å². The second-order valence-electron chi connectivity index (χ2n) is 4.37. The lowest BCUT2D eigenvalue weighted by Crippen LogP contribution is -2.44. The molecule has 0 radical (unpaired) electrons. The normalized spacial score (nSPS) is 18.9. The maximum absolute atomic E-state index is 12.2. The maximum Gasteiger partial charge on any atom is 0.241 e. The average Bonchev–Trinajstić information content (AvgIpc) is 2.36. The molecule has 2 rings (SSSR count). The fraction of sp³-hybridized carbons (Fsp3) is 0.462. The molecule has 98 valence electrons. The second kappa shape index (κ2) is 5.73. The summed E-state index contributed by atoms with van der Waals surface area (Å²) < 4.78 is 0. The first-order chi connectivity index (χ1) is 8.67. The van der Waals surface area contributed by atoms with Crippen molar-refractivity contribution >= 4 is 23.4 Å². The van der Waals surface area contributed by atoms with Crippen LogP contribution in [0.2, 0.25) is 0 Å². The Morgan fingerprint density at radius 1 is 1.33 bits per heavy atom. The first-order valence-electron chi connectivity index (χ1n) is 6.07. The number of fused-ring (bicyclic) bond motifs is 1. The van der Waals surface area contributed by atoms with Crippen LogP contribution in [0, 0.1) is 0 Å². The number of hydrogen-bond acceptors (Lipinski definition) is 4. The van der Waals surface area contributed by atoms with Crippen LogP contribution in [-0.2, 0) is 11.3 Å². The Morgan fingerprint density at radius 2 is 2.11 bits per heavy atom. The average molecular weight is 265 g/mol. The highest BCUT2D eigenvalue weighted by molar-refractivity contribution is 8.00. The predicted molar refractivity (Wildman–Crippen MR) is 75.9 cm³/mol. The van der Waals surface area contributed by atoms with Gasteiger partial charge in [-0.25, -0.2) is 0 Å². The van der Waals surface area contributed by atoms with E-state index in [-0.39, 0.29) is 11.2 Å². The topological polar surface area (TPSA) is 44.4 Å². The highest BCUT2D eigenvalue weighted by atomic mass is 32.2. The molecule has 0 aliphatic carbocycles. The molecular weight excluding hydrogens is 246 g/mol. The van der Waals surface area contributed by atoms with Gasteiger partial charge in [-0.3, -0.25) is 9.69 Å². The van der Waals surface area contributed by atoms with Crippen molar-refractivity contribution in [1.82, 2.24) is 10.6 Å². The Hall–Kier alpha value is -1.04. The van der Waals surface area contributed by atoms with E-state index in [1.807, 2.05) is 25.9 Å². The molecule has 1 unspecified atom stereocenters. The summed E-state index contributed by atoms with van der Waals surface area (Å²) in [6.07, 6.45) is 0. The summed E-state index contributed by atoms with van der Waals surface area (Å²) in [5, 5.41) is 6.18. The Morgan fingerprint density at radius 3 is 2.78 bits per heavy atom. The molecule has 2 N–H and O–H groups in total. The predicted octanol–water partition coefficient (Wildman–Crippen LogP) is 1.41. The monoisotopic (exact) mass is 265 g/mol. The minimum absolute atomic E-state index is 0.0130. The molecule has 0 saturated heterocycles. The van der Waals surface area contributed by atoms with Crippen molar-refractivity contribution in [3.05, 3.63) is 23.8 Å². The molecule has 0 aromatic heterocycles. The molecule has 1 atom stereocenters. The number of amides is 1. The Kier molecular flexibility index (Phi) is 4.27. The summed E-state index contributed by atoms with van der Waals surface area (Å²) in [5.74, 6) is 0.170. The van der Waals surface area contributed by atoms with Crippen molar-refractivity contribution in [1.29, 1.82) is 0 Å². The summed E-state index contributed by atoms with van der Waals surface area (Å²) in [5.41, 5.74) is 2.21. The van der Waals surface area contributed by atoms with E-state index >= 15 is 0 Å². The number of thioether (sulfide) groups is 1. The van der Waals surface area contributed by atoms with E-state index < -0.39 is 0 Å². The van der Waals surface area contributed by atoms with Crippen LogP contribution in [0.5, 0.6) is 0 Å². The van der Waals surface area contributed by atoms with Gasteiger partial charge in [-0.15, -0.1) is 11.8 Å². The fourth-order valence-corrected chi connectivity index (χ4v) is 3.13. The molecule has 18 heavy (non-hydrogen) atoms. The van der Waals surface area contributed by atoms with Gasteiger partial charge in [0.25, 0.3) is 0 Å². The van der Waals surface area contributed by atoms with E-state index in [0.717, 1.165) is 12.2 Å². The smallest absolute Gasteiger partial charge is 0.241 e. The molecule has 1 aliphatic rings. The number of nitrogens with one attached hydrogen (secondary N) is 2. The first kappa shape index (κ1) is 13.4. The second-order valence-corrected chi connectivity index (χ2v) is 5.75. The van der Waals surface area contributed by atoms with Gasteiger partial charge in [0.1, 0.15) is 0 Å². The maximum atomic E-state index is 12.2. The van der Waals surface area contributed by atoms with Gasteiger partial charge in [0.2, 0.25) is 5.91 Å². The Bertz CT molecular complexity index is 450. The van der Waals surface area contributed by atoms with Gasteiger partial charge in [0.05, 0.1) is 17.6 Å². The summed E-state index contributed by atoms with van der Waals surface area (Å²) in [6.45, 7) is 3.33. The lowest BCUT2D eigenvalue weighted by Gasteiger charge is -2.32. The third kappa shape index (κ3) is 2.53. The zero-order valence-corrected chi connectivity index (χ0v) is 11.8. The van der Waals surface area contributed by atoms with Crippen LogP contribution in [0.4, 0.5) is 5.69 Å². The zero-order valence-electron chi connectivity index (χ0n) is 11.0. The van der Waals surface area contributed by atoms with Gasteiger partial charge in [-0.05, 0) is 38.7 Å². The van der Waals surface area contributed by atoms with Gasteiger partial charge in [-0.1, -0.05) is 6.07 Å². The minimum atomic E-state index is -0.0130. The van der Waals surface area contributed by atoms with E-state index in [4.69, 9.17) is 0 Å². The third-order valence-corrected chi connectivity index (χ3v) is 4.08. The van der Waals surface area contributed by atoms with Crippen LogP contribution in [0.1, 0.15) is 12.5 Å². The van der Waals surface area contributed by atoms with E-state index in [9.17, 15) is 4.79 Å². The summed E-state index contributed by atoms with van der Waals surface area (Å²) in [7, 11) is 3.78. The number of carbonyl (C=O) groups is 1. The molecule has 4 nitrogen and oxygen atoms in total. The molecule has 1 aliphatic heterocycles. The summed E-state index contributed by atoms with van der Waals surface area (Å²) in [4.78, 5) is 15.2. The Balaban J connectivity index is 2.38. The van der Waals surface area contributed by atoms with Crippen LogP contribution in [0.3, 0.4) is 0 Å². The lowest BCUT2D eigenvalue weighted by atomic mass is 10.1. The molecular formula is C13H19N3OS. The van der Waals surface area contributed by atoms with E-state index in [2.05, 4.69) is 28.8 Å². The molecule has 0 saturated carbocycles. The number of carbonyl (C=O) groups excluding carboxylic acids is 1. The van der Waals surface area contributed by atoms with Gasteiger partial charge < -0.3 is 10.6 Å². The molecule has 0 spiro atoms. The number of nitrogens with zero attached hydrogens (tertiary/aromatic N) is 1. The van der Waals surface area contributed by atoms with Crippen LogP contribution < -0.4 is 15.5 Å². The van der Waals surface area contributed by atoms with Crippen molar-refractivity contribution in [3.63, 3.8) is 0 Å². The third-order valence-electron chi connectivity index (χ3n) is 2.93. The number of anilines is 1. The fourth-order valence-electron chi connectivity index (χ4n) is 2.09. The Labute approximate surface area is 112 Å². The molecule has 1 amide bonds. The van der Waals surface area contributed by atoms with Crippen molar-refractivity contribution in [2.24, 2.45) is 0 Å². The summed E-state index contributed by atoms with van der Waals surface area (Å²) >= 11 is 1.64.